The lowest BCUT2D eigenvalue weighted by Crippen LogP contribution is -2.49. The van der Waals surface area contributed by atoms with Crippen LogP contribution < -0.4 is 10.6 Å². The Balaban J connectivity index is 1.57. The zero-order valence-electron chi connectivity index (χ0n) is 17.3. The summed E-state index contributed by atoms with van der Waals surface area (Å²) in [5.41, 5.74) is 7.55. The number of hydrogen-bond donors (Lipinski definition) is 2. The molecule has 0 fully saturated rings. The molecule has 0 bridgehead atoms. The summed E-state index contributed by atoms with van der Waals surface area (Å²) in [6.07, 6.45) is 2.29. The fraction of sp³-hybridized carbons (Fsp3) is 0.148. The van der Waals surface area contributed by atoms with E-state index in [1.807, 2.05) is 0 Å². The topological polar surface area (TPSA) is 27.3 Å². The van der Waals surface area contributed by atoms with Gasteiger partial charge in [0.15, 0.2) is 5.11 Å². The Bertz CT molecular complexity index is 1120. The average molecular weight is 424 g/mol. The van der Waals surface area contributed by atoms with Crippen molar-refractivity contribution in [3.63, 3.8) is 0 Å². The fourth-order valence-corrected chi connectivity index (χ4v) is 4.64. The van der Waals surface area contributed by atoms with Crippen LogP contribution in [0.4, 0.5) is 0 Å². The first kappa shape index (κ1) is 19.7. The van der Waals surface area contributed by atoms with Crippen LogP contribution in [-0.4, -0.2) is 23.1 Å². The van der Waals surface area contributed by atoms with Crippen LogP contribution >= 0.6 is 12.2 Å². The van der Waals surface area contributed by atoms with Crippen LogP contribution in [0.15, 0.2) is 108 Å². The molecule has 5 rings (SSSR count). The van der Waals surface area contributed by atoms with E-state index in [2.05, 4.69) is 113 Å². The van der Waals surface area contributed by atoms with Crippen molar-refractivity contribution < 1.29 is 0 Å². The van der Waals surface area contributed by atoms with Gasteiger partial charge in [0.05, 0.1) is 6.04 Å². The van der Waals surface area contributed by atoms with Gasteiger partial charge in [-0.05, 0) is 46.1 Å². The van der Waals surface area contributed by atoms with Crippen LogP contribution in [0.1, 0.15) is 22.7 Å². The summed E-state index contributed by atoms with van der Waals surface area (Å²) in [5, 5.41) is 7.67. The highest BCUT2D eigenvalue weighted by Gasteiger charge is 2.33. The molecule has 0 aromatic heterocycles. The zero-order chi connectivity index (χ0) is 21.0. The number of nitrogens with one attached hydrogen (secondary N) is 2. The van der Waals surface area contributed by atoms with Crippen molar-refractivity contribution in [1.29, 1.82) is 0 Å². The van der Waals surface area contributed by atoms with Gasteiger partial charge in [0.25, 0.3) is 0 Å². The van der Waals surface area contributed by atoms with Gasteiger partial charge in [-0.15, -0.1) is 0 Å². The first-order chi connectivity index (χ1) is 15.3. The third-order valence-electron chi connectivity index (χ3n) is 5.81. The molecule has 0 saturated carbocycles. The van der Waals surface area contributed by atoms with Gasteiger partial charge in [-0.3, -0.25) is 4.90 Å². The Kier molecular flexibility index (Phi) is 5.65. The maximum absolute atomic E-state index is 5.61. The number of rotatable bonds is 4. The third kappa shape index (κ3) is 4.46. The van der Waals surface area contributed by atoms with E-state index in [0.717, 1.165) is 19.6 Å². The molecule has 0 amide bonds. The largest absolute Gasteiger partial charge is 0.352 e. The Hall–Kier alpha value is -3.21. The predicted octanol–water partition coefficient (Wildman–Crippen LogP) is 5.06. The summed E-state index contributed by atoms with van der Waals surface area (Å²) >= 11 is 5.61. The Morgan fingerprint density at radius 1 is 0.839 bits per heavy atom. The number of thiocarbonyl (C=S) groups is 1. The van der Waals surface area contributed by atoms with Crippen molar-refractivity contribution in [2.45, 2.75) is 12.6 Å². The molecule has 31 heavy (non-hydrogen) atoms. The molecule has 2 aliphatic heterocycles. The molecule has 1 unspecified atom stereocenters. The molecule has 0 radical (unpaired) electrons. The molecule has 2 aliphatic rings. The molecule has 0 saturated heterocycles. The van der Waals surface area contributed by atoms with E-state index >= 15 is 0 Å². The van der Waals surface area contributed by atoms with Crippen molar-refractivity contribution in [2.24, 2.45) is 0 Å². The van der Waals surface area contributed by atoms with Gasteiger partial charge in [-0.1, -0.05) is 91.0 Å². The molecule has 4 heteroatoms. The van der Waals surface area contributed by atoms with E-state index in [4.69, 9.17) is 12.2 Å². The van der Waals surface area contributed by atoms with E-state index < -0.39 is 0 Å². The van der Waals surface area contributed by atoms with E-state index in [-0.39, 0.29) is 6.04 Å². The first-order valence-electron chi connectivity index (χ1n) is 10.6. The molecule has 1 atom stereocenters. The Morgan fingerprint density at radius 2 is 1.48 bits per heavy atom. The molecule has 3 nitrogen and oxygen atoms in total. The maximum Gasteiger partial charge on any atom is 0.171 e. The molecule has 154 valence electrons. The molecule has 0 aliphatic carbocycles. The van der Waals surface area contributed by atoms with Crippen molar-refractivity contribution in [2.75, 3.05) is 13.1 Å². The molecule has 2 heterocycles. The number of nitrogens with zero attached hydrogens (tertiary/aromatic N) is 1. The van der Waals surface area contributed by atoms with Crippen molar-refractivity contribution in [3.05, 3.63) is 125 Å². The van der Waals surface area contributed by atoms with Crippen LogP contribution in [0.5, 0.6) is 0 Å². The highest BCUT2D eigenvalue weighted by molar-refractivity contribution is 7.80. The summed E-state index contributed by atoms with van der Waals surface area (Å²) in [7, 11) is 0. The van der Waals surface area contributed by atoms with Crippen LogP contribution in [0.2, 0.25) is 0 Å². The first-order valence-corrected chi connectivity index (χ1v) is 11.0. The van der Waals surface area contributed by atoms with Crippen LogP contribution in [0.3, 0.4) is 0 Å². The third-order valence-corrected chi connectivity index (χ3v) is 6.03. The lowest BCUT2D eigenvalue weighted by molar-refractivity contribution is 0.293. The fourth-order valence-electron chi connectivity index (χ4n) is 4.42. The minimum atomic E-state index is 0.0719. The van der Waals surface area contributed by atoms with E-state index in [1.54, 1.807) is 0 Å². The van der Waals surface area contributed by atoms with Gasteiger partial charge >= 0.3 is 0 Å². The van der Waals surface area contributed by atoms with Gasteiger partial charge in [0.2, 0.25) is 0 Å². The van der Waals surface area contributed by atoms with Gasteiger partial charge in [0.1, 0.15) is 0 Å². The van der Waals surface area contributed by atoms with E-state index in [1.165, 1.54) is 33.5 Å². The summed E-state index contributed by atoms with van der Waals surface area (Å²) in [5.74, 6) is 0. The Labute approximate surface area is 189 Å². The second-order valence-corrected chi connectivity index (χ2v) is 8.46. The van der Waals surface area contributed by atoms with Crippen LogP contribution in [-0.2, 0) is 6.54 Å². The normalized spacial score (nSPS) is 20.2. The second kappa shape index (κ2) is 8.88. The summed E-state index contributed by atoms with van der Waals surface area (Å²) in [6, 6.07) is 31.9. The van der Waals surface area contributed by atoms with Crippen molar-refractivity contribution in [3.8, 4) is 0 Å². The lowest BCUT2D eigenvalue weighted by atomic mass is 9.88. The summed E-state index contributed by atoms with van der Waals surface area (Å²) in [6.45, 7) is 2.67. The van der Waals surface area contributed by atoms with Gasteiger partial charge in [-0.25, -0.2) is 0 Å². The lowest BCUT2D eigenvalue weighted by Gasteiger charge is -2.40. The molecule has 0 spiro atoms. The van der Waals surface area contributed by atoms with Crippen LogP contribution in [0.25, 0.3) is 6.08 Å². The van der Waals surface area contributed by atoms with Gasteiger partial charge < -0.3 is 10.6 Å². The maximum atomic E-state index is 5.61. The SMILES string of the molecule is S=C1NC2=C(CN(Cc3ccccc3)C/C2=C\c2ccccc2)C(c2ccccc2)N1. The molecule has 2 N–H and O–H groups in total. The molecule has 3 aromatic carbocycles. The molecular weight excluding hydrogens is 398 g/mol. The predicted molar refractivity (Wildman–Crippen MR) is 131 cm³/mol. The minimum absolute atomic E-state index is 0.0719. The smallest absolute Gasteiger partial charge is 0.171 e. The zero-order valence-corrected chi connectivity index (χ0v) is 18.1. The minimum Gasteiger partial charge on any atom is -0.352 e. The highest BCUT2D eigenvalue weighted by Crippen LogP contribution is 2.34. The quantitative estimate of drug-likeness (QED) is 0.574. The second-order valence-electron chi connectivity index (χ2n) is 8.05. The van der Waals surface area contributed by atoms with E-state index in [9.17, 15) is 0 Å². The van der Waals surface area contributed by atoms with Gasteiger partial charge in [0, 0.05) is 25.3 Å². The van der Waals surface area contributed by atoms with Crippen molar-refractivity contribution >= 4 is 23.4 Å². The standard InChI is InChI=1S/C27H25N3S/c31-27-28-25(22-14-8-3-9-15-22)24-19-30(17-21-12-6-2-7-13-21)18-23(26(24)29-27)16-20-10-4-1-5-11-20/h1-16,25H,17-19H2,(H2,28,29,31)/b23-16+. The summed E-state index contributed by atoms with van der Waals surface area (Å²) < 4.78 is 0. The monoisotopic (exact) mass is 423 g/mol. The summed E-state index contributed by atoms with van der Waals surface area (Å²) in [4.78, 5) is 2.51. The average Bonchev–Trinajstić information content (AvgIpc) is 2.81. The molecular formula is C27H25N3S. The highest BCUT2D eigenvalue weighted by atomic mass is 32.1. The Morgan fingerprint density at radius 3 is 2.19 bits per heavy atom. The van der Waals surface area contributed by atoms with E-state index in [0.29, 0.717) is 5.11 Å². The molecule has 3 aromatic rings. The van der Waals surface area contributed by atoms with Gasteiger partial charge in [-0.2, -0.15) is 0 Å². The van der Waals surface area contributed by atoms with Crippen molar-refractivity contribution in [1.82, 2.24) is 15.5 Å². The van der Waals surface area contributed by atoms with Crippen LogP contribution in [0, 0.1) is 0 Å². The number of benzene rings is 3. The number of hydrogen-bond acceptors (Lipinski definition) is 2.